The number of ether oxygens (including phenoxy) is 1. The zero-order chi connectivity index (χ0) is 15.0. The van der Waals surface area contributed by atoms with E-state index in [2.05, 4.69) is 10.1 Å². The van der Waals surface area contributed by atoms with Crippen LogP contribution in [0.15, 0.2) is 24.3 Å². The highest BCUT2D eigenvalue weighted by molar-refractivity contribution is 7.80. The van der Waals surface area contributed by atoms with Crippen molar-refractivity contribution >= 4 is 28.8 Å². The first kappa shape index (κ1) is 14.6. The van der Waals surface area contributed by atoms with Gasteiger partial charge in [0.05, 0.1) is 10.4 Å². The standard InChI is InChI=1S/C12H11F3N2O2S/c13-12(14,15)19-8-3-1-7(2-4-8)17-10(18)11(5-6-11)9(16)20/h1-4H,5-6H2,(H2,16,20)(H,17,18). The molecule has 0 atom stereocenters. The fourth-order valence-electron chi connectivity index (χ4n) is 1.70. The second kappa shape index (κ2) is 4.93. The number of benzene rings is 1. The Hall–Kier alpha value is -1.83. The van der Waals surface area contributed by atoms with Crippen LogP contribution in [0.1, 0.15) is 12.8 Å². The van der Waals surface area contributed by atoms with Crippen molar-refractivity contribution in [3.8, 4) is 5.75 Å². The van der Waals surface area contributed by atoms with Crippen molar-refractivity contribution in [3.05, 3.63) is 24.3 Å². The molecule has 1 fully saturated rings. The summed E-state index contributed by atoms with van der Waals surface area (Å²) in [5.74, 6) is -0.694. The minimum absolute atomic E-state index is 0.132. The van der Waals surface area contributed by atoms with E-state index in [0.29, 0.717) is 18.5 Å². The maximum absolute atomic E-state index is 12.0. The Morgan fingerprint density at radius 2 is 1.85 bits per heavy atom. The summed E-state index contributed by atoms with van der Waals surface area (Å²) < 4.78 is 39.7. The zero-order valence-electron chi connectivity index (χ0n) is 10.2. The van der Waals surface area contributed by atoms with E-state index < -0.39 is 11.8 Å². The molecule has 1 amide bonds. The molecule has 0 heterocycles. The Morgan fingerprint density at radius 3 is 2.25 bits per heavy atom. The van der Waals surface area contributed by atoms with Gasteiger partial charge in [0.2, 0.25) is 5.91 Å². The van der Waals surface area contributed by atoms with E-state index in [9.17, 15) is 18.0 Å². The number of hydrogen-bond donors (Lipinski definition) is 2. The zero-order valence-corrected chi connectivity index (χ0v) is 11.0. The minimum atomic E-state index is -4.74. The molecule has 0 aliphatic heterocycles. The van der Waals surface area contributed by atoms with Crippen LogP contribution < -0.4 is 15.8 Å². The Kier molecular flexibility index (Phi) is 3.59. The van der Waals surface area contributed by atoms with Crippen molar-refractivity contribution in [1.29, 1.82) is 0 Å². The molecule has 0 radical (unpaired) electrons. The van der Waals surface area contributed by atoms with Crippen molar-refractivity contribution < 1.29 is 22.7 Å². The molecule has 20 heavy (non-hydrogen) atoms. The Bertz CT molecular complexity index is 539. The lowest BCUT2D eigenvalue weighted by molar-refractivity contribution is -0.274. The second-order valence-corrected chi connectivity index (χ2v) is 4.91. The van der Waals surface area contributed by atoms with Gasteiger partial charge in [0, 0.05) is 5.69 Å². The number of hydrogen-bond acceptors (Lipinski definition) is 3. The van der Waals surface area contributed by atoms with Gasteiger partial charge < -0.3 is 15.8 Å². The molecule has 1 aliphatic rings. The molecule has 0 aromatic heterocycles. The van der Waals surface area contributed by atoms with Crippen LogP contribution >= 0.6 is 12.2 Å². The van der Waals surface area contributed by atoms with Crippen molar-refractivity contribution in [1.82, 2.24) is 0 Å². The quantitative estimate of drug-likeness (QED) is 0.839. The van der Waals surface area contributed by atoms with E-state index in [4.69, 9.17) is 18.0 Å². The highest BCUT2D eigenvalue weighted by Gasteiger charge is 2.52. The Morgan fingerprint density at radius 1 is 1.30 bits per heavy atom. The van der Waals surface area contributed by atoms with Crippen LogP contribution in [0.3, 0.4) is 0 Å². The van der Waals surface area contributed by atoms with Gasteiger partial charge in [0.25, 0.3) is 0 Å². The van der Waals surface area contributed by atoms with Crippen LogP contribution in [-0.2, 0) is 4.79 Å². The monoisotopic (exact) mass is 304 g/mol. The molecule has 1 aliphatic carbocycles. The molecule has 3 N–H and O–H groups in total. The van der Waals surface area contributed by atoms with Gasteiger partial charge in [-0.3, -0.25) is 4.79 Å². The van der Waals surface area contributed by atoms with E-state index in [-0.39, 0.29) is 16.6 Å². The number of alkyl halides is 3. The van der Waals surface area contributed by atoms with Crippen LogP contribution in [0.4, 0.5) is 18.9 Å². The van der Waals surface area contributed by atoms with Gasteiger partial charge in [0.15, 0.2) is 0 Å². The fraction of sp³-hybridized carbons (Fsp3) is 0.333. The van der Waals surface area contributed by atoms with Gasteiger partial charge in [-0.05, 0) is 37.1 Å². The first-order valence-electron chi connectivity index (χ1n) is 5.70. The Balaban J connectivity index is 2.01. The normalized spacial score (nSPS) is 16.4. The van der Waals surface area contributed by atoms with Crippen molar-refractivity contribution in [2.45, 2.75) is 19.2 Å². The molecule has 0 unspecified atom stereocenters. The Labute approximate surface area is 118 Å². The first-order valence-corrected chi connectivity index (χ1v) is 6.11. The molecule has 1 aromatic rings. The van der Waals surface area contributed by atoms with Gasteiger partial charge in [-0.2, -0.15) is 0 Å². The number of anilines is 1. The average molecular weight is 304 g/mol. The van der Waals surface area contributed by atoms with E-state index in [1.807, 2.05) is 0 Å². The summed E-state index contributed by atoms with van der Waals surface area (Å²) in [7, 11) is 0. The molecule has 1 aromatic carbocycles. The van der Waals surface area contributed by atoms with Gasteiger partial charge in [-0.15, -0.1) is 13.2 Å². The predicted molar refractivity (Wildman–Crippen MR) is 70.2 cm³/mol. The second-order valence-electron chi connectivity index (χ2n) is 4.47. The summed E-state index contributed by atoms with van der Waals surface area (Å²) in [4.78, 5) is 12.1. The number of halogens is 3. The smallest absolute Gasteiger partial charge is 0.406 e. The van der Waals surface area contributed by atoms with Crippen LogP contribution in [0.2, 0.25) is 0 Å². The van der Waals surface area contributed by atoms with Crippen molar-refractivity contribution in [2.24, 2.45) is 11.1 Å². The van der Waals surface area contributed by atoms with Crippen molar-refractivity contribution in [2.75, 3.05) is 5.32 Å². The number of carbonyl (C=O) groups excluding carboxylic acids is 1. The summed E-state index contributed by atoms with van der Waals surface area (Å²) >= 11 is 4.84. The summed E-state index contributed by atoms with van der Waals surface area (Å²) in [6.07, 6.45) is -3.57. The molecule has 4 nitrogen and oxygen atoms in total. The number of rotatable bonds is 4. The fourth-order valence-corrected chi connectivity index (χ4v) is 2.00. The molecule has 0 saturated heterocycles. The maximum Gasteiger partial charge on any atom is 0.573 e. The molecule has 8 heteroatoms. The van der Waals surface area contributed by atoms with Crippen LogP contribution in [0.25, 0.3) is 0 Å². The third kappa shape index (κ3) is 3.19. The lowest BCUT2D eigenvalue weighted by Crippen LogP contribution is -2.34. The first-order chi connectivity index (χ1) is 9.23. The molecule has 2 rings (SSSR count). The topological polar surface area (TPSA) is 64.4 Å². The van der Waals surface area contributed by atoms with E-state index in [1.54, 1.807) is 0 Å². The molecular formula is C12H11F3N2O2S. The summed E-state index contributed by atoms with van der Waals surface area (Å²) in [5, 5.41) is 2.57. The SMILES string of the molecule is NC(=S)C1(C(=O)Nc2ccc(OC(F)(F)F)cc2)CC1. The minimum Gasteiger partial charge on any atom is -0.406 e. The predicted octanol–water partition coefficient (Wildman–Crippen LogP) is 2.59. The molecule has 108 valence electrons. The third-order valence-electron chi connectivity index (χ3n) is 3.00. The van der Waals surface area contributed by atoms with Crippen LogP contribution in [0, 0.1) is 5.41 Å². The van der Waals surface area contributed by atoms with Crippen LogP contribution in [-0.4, -0.2) is 17.3 Å². The van der Waals surface area contributed by atoms with Gasteiger partial charge in [0.1, 0.15) is 5.75 Å². The number of amides is 1. The van der Waals surface area contributed by atoms with Crippen molar-refractivity contribution in [3.63, 3.8) is 0 Å². The van der Waals surface area contributed by atoms with E-state index in [0.717, 1.165) is 12.1 Å². The summed E-state index contributed by atoms with van der Waals surface area (Å²) in [6, 6.07) is 4.86. The lowest BCUT2D eigenvalue weighted by Gasteiger charge is -2.14. The number of thiocarbonyl (C=S) groups is 1. The van der Waals surface area contributed by atoms with Gasteiger partial charge >= 0.3 is 6.36 Å². The molecular weight excluding hydrogens is 293 g/mol. The molecule has 1 saturated carbocycles. The van der Waals surface area contributed by atoms with E-state index in [1.165, 1.54) is 12.1 Å². The van der Waals surface area contributed by atoms with Gasteiger partial charge in [-0.25, -0.2) is 0 Å². The number of nitrogens with two attached hydrogens (primary N) is 1. The molecule has 0 spiro atoms. The van der Waals surface area contributed by atoms with Gasteiger partial charge in [-0.1, -0.05) is 12.2 Å². The number of carbonyl (C=O) groups is 1. The highest BCUT2D eigenvalue weighted by Crippen LogP contribution is 2.46. The number of nitrogens with one attached hydrogen (secondary N) is 1. The van der Waals surface area contributed by atoms with Crippen LogP contribution in [0.5, 0.6) is 5.75 Å². The molecule has 0 bridgehead atoms. The lowest BCUT2D eigenvalue weighted by atomic mass is 10.1. The third-order valence-corrected chi connectivity index (χ3v) is 3.39. The maximum atomic E-state index is 12.0. The summed E-state index contributed by atoms with van der Waals surface area (Å²) in [6.45, 7) is 0. The largest absolute Gasteiger partial charge is 0.573 e. The average Bonchev–Trinajstić information content (AvgIpc) is 3.11. The van der Waals surface area contributed by atoms with E-state index >= 15 is 0 Å². The summed E-state index contributed by atoms with van der Waals surface area (Å²) in [5.41, 5.74) is 5.05. The highest BCUT2D eigenvalue weighted by atomic mass is 32.1.